The van der Waals surface area contributed by atoms with Gasteiger partial charge in [0.05, 0.1) is 6.04 Å². The van der Waals surface area contributed by atoms with Gasteiger partial charge in [-0.2, -0.15) is 0 Å². The molecule has 1 aliphatic carbocycles. The Morgan fingerprint density at radius 3 is 2.38 bits per heavy atom. The minimum Gasteiger partial charge on any atom is -0.481 e. The van der Waals surface area contributed by atoms with Crippen LogP contribution in [0.15, 0.2) is 29.3 Å². The molecule has 0 bridgehead atoms. The van der Waals surface area contributed by atoms with E-state index in [2.05, 4.69) is 32.5 Å². The first-order valence-corrected chi connectivity index (χ1v) is 10.9. The average molecular weight is 401 g/mol. The first-order chi connectivity index (χ1) is 13.9. The second-order valence-corrected chi connectivity index (χ2v) is 8.67. The maximum Gasteiger partial charge on any atom is 0.303 e. The van der Waals surface area contributed by atoms with Crippen LogP contribution in [0.25, 0.3) is 0 Å². The van der Waals surface area contributed by atoms with Crippen LogP contribution in [0, 0.1) is 11.8 Å². The molecule has 5 nitrogen and oxygen atoms in total. The summed E-state index contributed by atoms with van der Waals surface area (Å²) in [6.45, 7) is 10.5. The predicted molar refractivity (Wildman–Crippen MR) is 117 cm³/mol. The van der Waals surface area contributed by atoms with E-state index in [4.69, 9.17) is 5.11 Å². The van der Waals surface area contributed by atoms with E-state index in [0.29, 0.717) is 18.3 Å². The third-order valence-electron chi connectivity index (χ3n) is 6.55. The number of carbonyl (C=O) groups is 2. The molecule has 1 saturated carbocycles. The number of hydrogen-bond acceptors (Lipinski definition) is 3. The quantitative estimate of drug-likeness (QED) is 0.407. The molecule has 1 N–H and O–H groups in total. The highest BCUT2D eigenvalue weighted by Gasteiger charge is 2.42. The fraction of sp³-hybridized carbons (Fsp3) is 0.625. The van der Waals surface area contributed by atoms with Crippen molar-refractivity contribution in [1.82, 2.24) is 4.90 Å². The summed E-state index contributed by atoms with van der Waals surface area (Å²) < 4.78 is 0. The number of hydrogen-bond donors (Lipinski definition) is 1. The normalized spacial score (nSPS) is 22.8. The Morgan fingerprint density at radius 1 is 1.31 bits per heavy atom. The second kappa shape index (κ2) is 10.6. The molecule has 1 aromatic carbocycles. The standard InChI is InChI=1S/C24H36N2O3/c1-5-6-22(21-10-7-19(8-11-21)9-12-23(28)29)26(17-27)24(25-4)15-13-20(14-16-24)18(2)3/h7-8,10-11,17-18,20,22H,4-6,9,12-16H2,1-3H3,(H,28,29). The summed E-state index contributed by atoms with van der Waals surface area (Å²) in [6, 6.07) is 7.98. The lowest BCUT2D eigenvalue weighted by Crippen LogP contribution is -2.50. The first kappa shape index (κ1) is 23.1. The Hall–Kier alpha value is -2.17. The molecule has 0 aromatic heterocycles. The van der Waals surface area contributed by atoms with Gasteiger partial charge in [-0.1, -0.05) is 51.5 Å². The van der Waals surface area contributed by atoms with Crippen molar-refractivity contribution in [3.63, 3.8) is 0 Å². The number of aryl methyl sites for hydroxylation is 1. The van der Waals surface area contributed by atoms with E-state index in [-0.39, 0.29) is 12.5 Å². The van der Waals surface area contributed by atoms with Gasteiger partial charge in [0.25, 0.3) is 0 Å². The zero-order chi connectivity index (χ0) is 21.4. The molecular weight excluding hydrogens is 364 g/mol. The second-order valence-electron chi connectivity index (χ2n) is 8.67. The Morgan fingerprint density at radius 2 is 1.93 bits per heavy atom. The van der Waals surface area contributed by atoms with E-state index < -0.39 is 11.6 Å². The van der Waals surface area contributed by atoms with Gasteiger partial charge < -0.3 is 10.0 Å². The first-order valence-electron chi connectivity index (χ1n) is 10.9. The molecule has 0 spiro atoms. The zero-order valence-electron chi connectivity index (χ0n) is 18.1. The largest absolute Gasteiger partial charge is 0.481 e. The lowest BCUT2D eigenvalue weighted by Gasteiger charge is -2.47. The van der Waals surface area contributed by atoms with E-state index in [1.807, 2.05) is 29.2 Å². The number of carboxylic acid groups (broad SMARTS) is 1. The van der Waals surface area contributed by atoms with Crippen LogP contribution in [0.3, 0.4) is 0 Å². The molecule has 2 rings (SSSR count). The molecule has 1 amide bonds. The van der Waals surface area contributed by atoms with Crippen molar-refractivity contribution in [3.05, 3.63) is 35.4 Å². The summed E-state index contributed by atoms with van der Waals surface area (Å²) in [6.07, 6.45) is 7.25. The highest BCUT2D eigenvalue weighted by atomic mass is 16.4. The van der Waals surface area contributed by atoms with Gasteiger partial charge in [0, 0.05) is 6.42 Å². The van der Waals surface area contributed by atoms with Gasteiger partial charge in [-0.15, -0.1) is 0 Å². The van der Waals surface area contributed by atoms with Gasteiger partial charge in [0.2, 0.25) is 6.41 Å². The smallest absolute Gasteiger partial charge is 0.303 e. The van der Waals surface area contributed by atoms with E-state index in [1.165, 1.54) is 0 Å². The van der Waals surface area contributed by atoms with Crippen molar-refractivity contribution >= 4 is 19.1 Å². The van der Waals surface area contributed by atoms with Crippen LogP contribution in [-0.2, 0) is 16.0 Å². The van der Waals surface area contributed by atoms with Crippen molar-refractivity contribution in [3.8, 4) is 0 Å². The van der Waals surface area contributed by atoms with Gasteiger partial charge in [-0.05, 0) is 68.2 Å². The molecule has 1 aliphatic rings. The third kappa shape index (κ3) is 5.68. The van der Waals surface area contributed by atoms with Gasteiger partial charge in [-0.3, -0.25) is 14.6 Å². The molecule has 0 radical (unpaired) electrons. The summed E-state index contributed by atoms with van der Waals surface area (Å²) in [5.74, 6) is 0.532. The molecule has 1 fully saturated rings. The fourth-order valence-corrected chi connectivity index (χ4v) is 4.63. The van der Waals surface area contributed by atoms with Crippen LogP contribution < -0.4 is 0 Å². The summed E-state index contributed by atoms with van der Waals surface area (Å²) in [4.78, 5) is 29.5. The van der Waals surface area contributed by atoms with Gasteiger partial charge in [0.1, 0.15) is 5.66 Å². The van der Waals surface area contributed by atoms with Crippen molar-refractivity contribution in [2.75, 3.05) is 0 Å². The lowest BCUT2D eigenvalue weighted by molar-refractivity contribution is -0.137. The van der Waals surface area contributed by atoms with Crippen molar-refractivity contribution in [1.29, 1.82) is 0 Å². The highest BCUT2D eigenvalue weighted by molar-refractivity contribution is 5.67. The number of rotatable bonds is 11. The average Bonchev–Trinajstić information content (AvgIpc) is 2.72. The van der Waals surface area contributed by atoms with E-state index in [0.717, 1.165) is 56.1 Å². The maximum absolute atomic E-state index is 12.3. The predicted octanol–water partition coefficient (Wildman–Crippen LogP) is 5.25. The van der Waals surface area contributed by atoms with Crippen LogP contribution in [0.2, 0.25) is 0 Å². The van der Waals surface area contributed by atoms with Crippen molar-refractivity contribution in [2.45, 2.75) is 83.8 Å². The topological polar surface area (TPSA) is 70.0 Å². The number of amides is 1. The monoisotopic (exact) mass is 400 g/mol. The van der Waals surface area contributed by atoms with Crippen LogP contribution in [0.5, 0.6) is 0 Å². The third-order valence-corrected chi connectivity index (χ3v) is 6.55. The van der Waals surface area contributed by atoms with Gasteiger partial charge in [0.15, 0.2) is 0 Å². The molecule has 5 heteroatoms. The molecular formula is C24H36N2O3. The summed E-state index contributed by atoms with van der Waals surface area (Å²) in [7, 11) is 0. The van der Waals surface area contributed by atoms with E-state index >= 15 is 0 Å². The maximum atomic E-state index is 12.3. The molecule has 160 valence electrons. The molecule has 1 unspecified atom stereocenters. The van der Waals surface area contributed by atoms with Crippen LogP contribution >= 0.6 is 0 Å². The Labute approximate surface area is 175 Å². The summed E-state index contributed by atoms with van der Waals surface area (Å²) in [5, 5.41) is 8.88. The number of benzene rings is 1. The molecule has 0 heterocycles. The van der Waals surface area contributed by atoms with Crippen molar-refractivity contribution < 1.29 is 14.7 Å². The molecule has 29 heavy (non-hydrogen) atoms. The number of aliphatic carboxylic acids is 1. The molecule has 0 saturated heterocycles. The van der Waals surface area contributed by atoms with Gasteiger partial charge in [-0.25, -0.2) is 0 Å². The Kier molecular flexibility index (Phi) is 8.42. The lowest BCUT2D eigenvalue weighted by atomic mass is 9.75. The number of aliphatic imine (C=N–C) groups is 1. The number of carbonyl (C=O) groups excluding carboxylic acids is 1. The van der Waals surface area contributed by atoms with Crippen LogP contribution in [0.1, 0.15) is 82.9 Å². The number of nitrogens with zero attached hydrogens (tertiary/aromatic N) is 2. The molecule has 1 aromatic rings. The summed E-state index contributed by atoms with van der Waals surface area (Å²) >= 11 is 0. The summed E-state index contributed by atoms with van der Waals surface area (Å²) in [5.41, 5.74) is 1.54. The molecule has 0 aliphatic heterocycles. The fourth-order valence-electron chi connectivity index (χ4n) is 4.63. The van der Waals surface area contributed by atoms with Gasteiger partial charge >= 0.3 is 5.97 Å². The SMILES string of the molecule is C=NC1(N(C=O)C(CCC)c2ccc(CCC(=O)O)cc2)CCC(C(C)C)CC1. The minimum atomic E-state index is -0.791. The van der Waals surface area contributed by atoms with Crippen LogP contribution in [0.4, 0.5) is 0 Å². The van der Waals surface area contributed by atoms with Crippen molar-refractivity contribution in [2.24, 2.45) is 16.8 Å². The zero-order valence-corrected chi connectivity index (χ0v) is 18.1. The number of carboxylic acids is 1. The van der Waals surface area contributed by atoms with E-state index in [9.17, 15) is 9.59 Å². The van der Waals surface area contributed by atoms with E-state index in [1.54, 1.807) is 0 Å². The van der Waals surface area contributed by atoms with Crippen LogP contribution in [-0.4, -0.2) is 34.8 Å². The molecule has 1 atom stereocenters. The minimum absolute atomic E-state index is 0.0490. The Balaban J connectivity index is 2.25. The Bertz CT molecular complexity index is 676. The highest BCUT2D eigenvalue weighted by Crippen LogP contribution is 2.43.